The molecule has 1 N–H and O–H groups in total. The molecular weight excluding hydrogens is 370 g/mol. The Kier molecular flexibility index (Phi) is 6.74. The average molecular weight is 389 g/mol. The molecule has 0 bridgehead atoms. The van der Waals surface area contributed by atoms with E-state index in [-0.39, 0.29) is 22.6 Å². The van der Waals surface area contributed by atoms with Crippen molar-refractivity contribution in [2.75, 3.05) is 28.4 Å². The Labute approximate surface area is 160 Å². The number of nitro benzene ring substituents is 1. The normalized spacial score (nSPS) is 10.4. The highest BCUT2D eigenvalue weighted by atomic mass is 16.6. The fourth-order valence-corrected chi connectivity index (χ4v) is 2.31. The molecule has 2 aromatic carbocycles. The van der Waals surface area contributed by atoms with Gasteiger partial charge < -0.3 is 18.9 Å². The molecule has 0 aliphatic rings. The minimum atomic E-state index is -0.585. The van der Waals surface area contributed by atoms with Gasteiger partial charge in [0.25, 0.3) is 11.6 Å². The van der Waals surface area contributed by atoms with Crippen molar-refractivity contribution in [2.24, 2.45) is 5.10 Å². The van der Waals surface area contributed by atoms with Crippen LogP contribution in [-0.4, -0.2) is 45.5 Å². The zero-order chi connectivity index (χ0) is 20.7. The summed E-state index contributed by atoms with van der Waals surface area (Å²) in [5.74, 6) is 0.821. The van der Waals surface area contributed by atoms with Gasteiger partial charge in [-0.3, -0.25) is 14.9 Å². The quantitative estimate of drug-likeness (QED) is 0.418. The summed E-state index contributed by atoms with van der Waals surface area (Å²) < 4.78 is 20.4. The summed E-state index contributed by atoms with van der Waals surface area (Å²) in [5, 5.41) is 15.1. The Morgan fingerprint density at radius 1 is 0.964 bits per heavy atom. The van der Waals surface area contributed by atoms with Crippen LogP contribution in [0.1, 0.15) is 15.9 Å². The lowest BCUT2D eigenvalue weighted by Crippen LogP contribution is -2.18. The number of carbonyl (C=O) groups is 1. The fourth-order valence-electron chi connectivity index (χ4n) is 2.31. The molecule has 0 aliphatic carbocycles. The van der Waals surface area contributed by atoms with Crippen LogP contribution in [0.15, 0.2) is 35.4 Å². The first-order chi connectivity index (χ1) is 13.4. The maximum Gasteiger partial charge on any atom is 0.282 e. The van der Waals surface area contributed by atoms with Gasteiger partial charge in [0.15, 0.2) is 11.5 Å². The minimum absolute atomic E-state index is 0.131. The molecule has 0 saturated carbocycles. The number of ether oxygens (including phenoxy) is 4. The van der Waals surface area contributed by atoms with Crippen LogP contribution in [0.2, 0.25) is 0 Å². The van der Waals surface area contributed by atoms with Crippen molar-refractivity contribution < 1.29 is 28.7 Å². The van der Waals surface area contributed by atoms with Crippen LogP contribution >= 0.6 is 0 Å². The standard InChI is InChI=1S/C18H19N3O7/c1-25-13-5-11(6-14(8-13)26-2)18(22)20-19-10-12-7-16(27-3)17(28-4)9-15(12)21(23)24/h5-10H,1-4H3,(H,20,22)/b19-10-. The first-order valence-electron chi connectivity index (χ1n) is 7.90. The molecule has 0 heterocycles. The number of hydrogen-bond acceptors (Lipinski definition) is 8. The molecule has 2 rings (SSSR count). The summed E-state index contributed by atoms with van der Waals surface area (Å²) in [7, 11) is 5.70. The maximum atomic E-state index is 12.3. The van der Waals surface area contributed by atoms with Gasteiger partial charge in [0, 0.05) is 11.6 Å². The summed E-state index contributed by atoms with van der Waals surface area (Å²) in [6.07, 6.45) is 1.15. The molecule has 0 aromatic heterocycles. The van der Waals surface area contributed by atoms with E-state index in [1.807, 2.05) is 0 Å². The summed E-state index contributed by atoms with van der Waals surface area (Å²) in [5.41, 5.74) is 2.43. The molecule has 0 saturated heterocycles. The van der Waals surface area contributed by atoms with Crippen molar-refractivity contribution in [3.8, 4) is 23.0 Å². The van der Waals surface area contributed by atoms with Crippen LogP contribution in [-0.2, 0) is 0 Å². The number of nitrogens with zero attached hydrogens (tertiary/aromatic N) is 2. The minimum Gasteiger partial charge on any atom is -0.497 e. The molecule has 0 spiro atoms. The van der Waals surface area contributed by atoms with E-state index >= 15 is 0 Å². The van der Waals surface area contributed by atoms with E-state index in [9.17, 15) is 14.9 Å². The van der Waals surface area contributed by atoms with E-state index in [0.29, 0.717) is 17.2 Å². The second-order valence-corrected chi connectivity index (χ2v) is 5.32. The van der Waals surface area contributed by atoms with Crippen molar-refractivity contribution >= 4 is 17.8 Å². The number of amides is 1. The first-order valence-corrected chi connectivity index (χ1v) is 7.90. The molecule has 148 valence electrons. The Balaban J connectivity index is 2.27. The van der Waals surface area contributed by atoms with Crippen molar-refractivity contribution in [2.45, 2.75) is 0 Å². The van der Waals surface area contributed by atoms with Gasteiger partial charge in [-0.2, -0.15) is 5.10 Å². The molecule has 0 aliphatic heterocycles. The highest BCUT2D eigenvalue weighted by molar-refractivity contribution is 5.96. The number of hydrogen-bond donors (Lipinski definition) is 1. The number of hydrazone groups is 1. The van der Waals surface area contributed by atoms with E-state index in [2.05, 4.69) is 10.5 Å². The van der Waals surface area contributed by atoms with Gasteiger partial charge in [0.05, 0.1) is 51.2 Å². The third-order valence-corrected chi connectivity index (χ3v) is 3.71. The molecule has 28 heavy (non-hydrogen) atoms. The van der Waals surface area contributed by atoms with Gasteiger partial charge in [-0.1, -0.05) is 0 Å². The Hall–Kier alpha value is -3.82. The number of benzene rings is 2. The van der Waals surface area contributed by atoms with Crippen LogP contribution < -0.4 is 24.4 Å². The SMILES string of the molecule is COc1cc(OC)cc(C(=O)N/N=C\c2cc(OC)c(OC)cc2[N+](=O)[O-])c1. The van der Waals surface area contributed by atoms with Crippen LogP contribution in [0.25, 0.3) is 0 Å². The highest BCUT2D eigenvalue weighted by Crippen LogP contribution is 2.33. The molecule has 0 atom stereocenters. The van der Waals surface area contributed by atoms with E-state index in [4.69, 9.17) is 18.9 Å². The molecule has 0 unspecified atom stereocenters. The molecule has 0 fully saturated rings. The number of nitrogens with one attached hydrogen (secondary N) is 1. The average Bonchev–Trinajstić information content (AvgIpc) is 2.72. The second kappa shape index (κ2) is 9.21. The number of rotatable bonds is 8. The molecule has 10 nitrogen and oxygen atoms in total. The summed E-state index contributed by atoms with van der Waals surface area (Å²) in [6, 6.07) is 7.24. The summed E-state index contributed by atoms with van der Waals surface area (Å²) in [4.78, 5) is 23.0. The predicted molar refractivity (Wildman–Crippen MR) is 101 cm³/mol. The van der Waals surface area contributed by atoms with Crippen LogP contribution in [0.4, 0.5) is 5.69 Å². The lowest BCUT2D eigenvalue weighted by Gasteiger charge is -2.09. The first kappa shape index (κ1) is 20.5. The third-order valence-electron chi connectivity index (χ3n) is 3.71. The van der Waals surface area contributed by atoms with E-state index in [1.54, 1.807) is 6.07 Å². The van der Waals surface area contributed by atoms with Crippen LogP contribution in [0.3, 0.4) is 0 Å². The zero-order valence-corrected chi connectivity index (χ0v) is 15.7. The monoisotopic (exact) mass is 389 g/mol. The number of carbonyl (C=O) groups excluding carboxylic acids is 1. The second-order valence-electron chi connectivity index (χ2n) is 5.32. The smallest absolute Gasteiger partial charge is 0.282 e. The number of methoxy groups -OCH3 is 4. The number of nitro groups is 1. The summed E-state index contributed by atoms with van der Waals surface area (Å²) in [6.45, 7) is 0. The molecule has 1 amide bonds. The topological polar surface area (TPSA) is 122 Å². The van der Waals surface area contributed by atoms with Gasteiger partial charge >= 0.3 is 0 Å². The molecule has 10 heteroatoms. The Bertz CT molecular complexity index is 890. The van der Waals surface area contributed by atoms with Gasteiger partial charge in [0.2, 0.25) is 0 Å². The van der Waals surface area contributed by atoms with Crippen molar-refractivity contribution in [1.29, 1.82) is 0 Å². The highest BCUT2D eigenvalue weighted by Gasteiger charge is 2.18. The van der Waals surface area contributed by atoms with Crippen LogP contribution in [0, 0.1) is 10.1 Å². The van der Waals surface area contributed by atoms with Gasteiger partial charge in [0.1, 0.15) is 11.5 Å². The van der Waals surface area contributed by atoms with Crippen molar-refractivity contribution in [1.82, 2.24) is 5.43 Å². The fraction of sp³-hybridized carbons (Fsp3) is 0.222. The predicted octanol–water partition coefficient (Wildman–Crippen LogP) is 2.39. The van der Waals surface area contributed by atoms with Gasteiger partial charge in [-0.05, 0) is 18.2 Å². The molecule has 0 radical (unpaired) electrons. The summed E-state index contributed by atoms with van der Waals surface area (Å²) >= 11 is 0. The molecule has 2 aromatic rings. The van der Waals surface area contributed by atoms with E-state index < -0.39 is 10.8 Å². The van der Waals surface area contributed by atoms with E-state index in [0.717, 1.165) is 6.21 Å². The van der Waals surface area contributed by atoms with Crippen molar-refractivity contribution in [3.05, 3.63) is 51.6 Å². The maximum absolute atomic E-state index is 12.3. The van der Waals surface area contributed by atoms with E-state index in [1.165, 1.54) is 52.7 Å². The molecular formula is C18H19N3O7. The lowest BCUT2D eigenvalue weighted by molar-refractivity contribution is -0.385. The largest absolute Gasteiger partial charge is 0.497 e. The zero-order valence-electron chi connectivity index (χ0n) is 15.7. The Morgan fingerprint density at radius 2 is 1.54 bits per heavy atom. The van der Waals surface area contributed by atoms with Gasteiger partial charge in [-0.25, -0.2) is 5.43 Å². The van der Waals surface area contributed by atoms with Crippen molar-refractivity contribution in [3.63, 3.8) is 0 Å². The van der Waals surface area contributed by atoms with Gasteiger partial charge in [-0.15, -0.1) is 0 Å². The lowest BCUT2D eigenvalue weighted by atomic mass is 10.1. The van der Waals surface area contributed by atoms with Crippen LogP contribution in [0.5, 0.6) is 23.0 Å². The Morgan fingerprint density at radius 3 is 2.04 bits per heavy atom. The third kappa shape index (κ3) is 4.67.